The van der Waals surface area contributed by atoms with Crippen molar-refractivity contribution >= 4 is 5.91 Å². The highest BCUT2D eigenvalue weighted by molar-refractivity contribution is 5.99. The van der Waals surface area contributed by atoms with Gasteiger partial charge >= 0.3 is 0 Å². The van der Waals surface area contributed by atoms with Gasteiger partial charge in [-0.3, -0.25) is 9.89 Å². The lowest BCUT2D eigenvalue weighted by Gasteiger charge is -2.16. The van der Waals surface area contributed by atoms with Gasteiger partial charge in [-0.1, -0.05) is 49.7 Å². The maximum absolute atomic E-state index is 12.9. The van der Waals surface area contributed by atoms with Crippen LogP contribution in [0, 0.1) is 12.3 Å². The predicted molar refractivity (Wildman–Crippen MR) is 110 cm³/mol. The van der Waals surface area contributed by atoms with Crippen LogP contribution in [-0.2, 0) is 25.9 Å². The molecule has 0 bridgehead atoms. The van der Waals surface area contributed by atoms with Crippen LogP contribution in [0.5, 0.6) is 0 Å². The molecule has 2 aromatic carbocycles. The van der Waals surface area contributed by atoms with Crippen molar-refractivity contribution in [3.63, 3.8) is 0 Å². The number of aromatic nitrogens is 2. The Bertz CT molecular complexity index is 1090. The third kappa shape index (κ3) is 2.84. The maximum Gasteiger partial charge on any atom is 0.254 e. The van der Waals surface area contributed by atoms with E-state index in [-0.39, 0.29) is 11.3 Å². The quantitative estimate of drug-likeness (QED) is 0.727. The summed E-state index contributed by atoms with van der Waals surface area (Å²) >= 11 is 0. The minimum atomic E-state index is 0.122. The van der Waals surface area contributed by atoms with E-state index in [4.69, 9.17) is 0 Å². The minimum absolute atomic E-state index is 0.122. The first-order chi connectivity index (χ1) is 13.4. The lowest BCUT2D eigenvalue weighted by Crippen LogP contribution is -2.23. The minimum Gasteiger partial charge on any atom is -0.330 e. The molecular weight excluding hydrogens is 346 g/mol. The molecule has 1 N–H and O–H groups in total. The number of fused-ring (bicyclic) bond motifs is 2. The van der Waals surface area contributed by atoms with E-state index in [2.05, 4.69) is 67.4 Å². The first-order valence-electron chi connectivity index (χ1n) is 9.94. The van der Waals surface area contributed by atoms with Crippen LogP contribution in [0.2, 0.25) is 0 Å². The van der Waals surface area contributed by atoms with Crippen molar-refractivity contribution in [3.8, 4) is 11.3 Å². The number of amides is 1. The molecule has 0 saturated carbocycles. The first kappa shape index (κ1) is 17.2. The largest absolute Gasteiger partial charge is 0.330 e. The number of H-pyrrole nitrogens is 1. The topological polar surface area (TPSA) is 49.0 Å². The normalized spacial score (nSPS) is 17.1. The Balaban J connectivity index is 1.43. The molecule has 1 aromatic heterocycles. The molecule has 142 valence electrons. The molecule has 0 saturated heterocycles. The van der Waals surface area contributed by atoms with E-state index < -0.39 is 0 Å². The second-order valence-electron chi connectivity index (χ2n) is 9.07. The summed E-state index contributed by atoms with van der Waals surface area (Å²) in [6.07, 6.45) is 2.09. The number of hydrogen-bond acceptors (Lipinski definition) is 2. The van der Waals surface area contributed by atoms with Crippen LogP contribution in [0.1, 0.15) is 52.2 Å². The molecule has 2 heterocycles. The number of hydrogen-bond donors (Lipinski definition) is 1. The van der Waals surface area contributed by atoms with Crippen molar-refractivity contribution in [2.45, 2.75) is 46.7 Å². The molecule has 1 aliphatic carbocycles. The fraction of sp³-hybridized carbons (Fsp3) is 0.333. The smallest absolute Gasteiger partial charge is 0.254 e. The fourth-order valence-electron chi connectivity index (χ4n) is 4.68. The highest BCUT2D eigenvalue weighted by Gasteiger charge is 2.33. The summed E-state index contributed by atoms with van der Waals surface area (Å²) in [6.45, 7) is 7.99. The first-order valence-corrected chi connectivity index (χ1v) is 9.94. The Labute approximate surface area is 165 Å². The number of aromatic amines is 1. The number of nitrogens with one attached hydrogen (secondary N) is 1. The third-order valence-electron chi connectivity index (χ3n) is 5.98. The van der Waals surface area contributed by atoms with Crippen LogP contribution in [0.25, 0.3) is 11.3 Å². The predicted octanol–water partition coefficient (Wildman–Crippen LogP) is 4.67. The fourth-order valence-corrected chi connectivity index (χ4v) is 4.68. The molecule has 1 aliphatic heterocycles. The average Bonchev–Trinajstić information content (AvgIpc) is 3.25. The van der Waals surface area contributed by atoms with Gasteiger partial charge in [0.2, 0.25) is 0 Å². The Hall–Kier alpha value is -2.88. The van der Waals surface area contributed by atoms with Gasteiger partial charge < -0.3 is 4.90 Å². The summed E-state index contributed by atoms with van der Waals surface area (Å²) in [4.78, 5) is 14.8. The van der Waals surface area contributed by atoms with Crippen molar-refractivity contribution in [1.82, 2.24) is 15.1 Å². The number of carbonyl (C=O) groups is 1. The monoisotopic (exact) mass is 371 g/mol. The zero-order chi connectivity index (χ0) is 19.5. The molecule has 0 spiro atoms. The van der Waals surface area contributed by atoms with Crippen LogP contribution in [-0.4, -0.2) is 21.0 Å². The second-order valence-corrected chi connectivity index (χ2v) is 9.07. The number of benzene rings is 2. The van der Waals surface area contributed by atoms with Crippen molar-refractivity contribution in [1.29, 1.82) is 0 Å². The Morgan fingerprint density at radius 3 is 2.82 bits per heavy atom. The number of rotatable bonds is 3. The summed E-state index contributed by atoms with van der Waals surface area (Å²) in [5, 5.41) is 7.83. The van der Waals surface area contributed by atoms with Crippen molar-refractivity contribution in [2.75, 3.05) is 0 Å². The van der Waals surface area contributed by atoms with Gasteiger partial charge in [0.25, 0.3) is 5.91 Å². The summed E-state index contributed by atoms with van der Waals surface area (Å²) in [6, 6.07) is 14.6. The Kier molecular flexibility index (Phi) is 3.73. The Morgan fingerprint density at radius 1 is 1.14 bits per heavy atom. The van der Waals surface area contributed by atoms with Gasteiger partial charge in [-0.2, -0.15) is 5.10 Å². The van der Waals surface area contributed by atoms with E-state index in [1.54, 1.807) is 0 Å². The van der Waals surface area contributed by atoms with Crippen LogP contribution < -0.4 is 0 Å². The van der Waals surface area contributed by atoms with Crippen molar-refractivity contribution in [3.05, 3.63) is 76.0 Å². The van der Waals surface area contributed by atoms with Gasteiger partial charge in [-0.15, -0.1) is 0 Å². The van der Waals surface area contributed by atoms with Crippen molar-refractivity contribution in [2.24, 2.45) is 5.41 Å². The molecule has 5 rings (SSSR count). The Morgan fingerprint density at radius 2 is 2.00 bits per heavy atom. The lowest BCUT2D eigenvalue weighted by molar-refractivity contribution is 0.0766. The van der Waals surface area contributed by atoms with E-state index in [9.17, 15) is 4.79 Å². The molecule has 0 fully saturated rings. The van der Waals surface area contributed by atoms with Gasteiger partial charge in [-0.05, 0) is 48.4 Å². The molecule has 0 atom stereocenters. The molecule has 0 unspecified atom stereocenters. The second kappa shape index (κ2) is 6.06. The third-order valence-corrected chi connectivity index (χ3v) is 5.98. The van der Waals surface area contributed by atoms with Crippen LogP contribution in [0.15, 0.2) is 42.5 Å². The van der Waals surface area contributed by atoms with Crippen LogP contribution in [0.3, 0.4) is 0 Å². The van der Waals surface area contributed by atoms with Gasteiger partial charge in [-0.25, -0.2) is 0 Å². The summed E-state index contributed by atoms with van der Waals surface area (Å²) < 4.78 is 0. The summed E-state index contributed by atoms with van der Waals surface area (Å²) in [5.74, 6) is 0.122. The van der Waals surface area contributed by atoms with E-state index in [0.29, 0.717) is 13.1 Å². The molecule has 0 radical (unpaired) electrons. The van der Waals surface area contributed by atoms with Gasteiger partial charge in [0.15, 0.2) is 0 Å². The van der Waals surface area contributed by atoms with Gasteiger partial charge in [0, 0.05) is 35.5 Å². The number of aryl methyl sites for hydroxylation is 1. The van der Waals surface area contributed by atoms with E-state index in [0.717, 1.165) is 35.2 Å². The summed E-state index contributed by atoms with van der Waals surface area (Å²) in [5.41, 5.74) is 9.37. The van der Waals surface area contributed by atoms with Crippen LogP contribution >= 0.6 is 0 Å². The highest BCUT2D eigenvalue weighted by atomic mass is 16.2. The highest BCUT2D eigenvalue weighted by Crippen LogP contribution is 2.40. The number of carbonyl (C=O) groups excluding carboxylic acids is 1. The zero-order valence-corrected chi connectivity index (χ0v) is 16.7. The van der Waals surface area contributed by atoms with E-state index in [1.165, 1.54) is 22.4 Å². The van der Waals surface area contributed by atoms with Crippen LogP contribution in [0.4, 0.5) is 0 Å². The molecule has 4 nitrogen and oxygen atoms in total. The lowest BCUT2D eigenvalue weighted by atomic mass is 9.90. The molecule has 4 heteroatoms. The molecule has 2 aliphatic rings. The van der Waals surface area contributed by atoms with E-state index in [1.807, 2.05) is 11.0 Å². The van der Waals surface area contributed by atoms with Gasteiger partial charge in [0.05, 0.1) is 5.69 Å². The molecule has 3 aromatic rings. The van der Waals surface area contributed by atoms with Gasteiger partial charge in [0.1, 0.15) is 0 Å². The average molecular weight is 371 g/mol. The molecular formula is C24H25N3O. The molecule has 1 amide bonds. The molecule has 28 heavy (non-hydrogen) atoms. The number of nitrogens with zero attached hydrogens (tertiary/aromatic N) is 2. The SMILES string of the molecule is Cc1cccc(CN2Cc3cc(-c4n[nH]c5c4CC(C)(C)C5)ccc3C2=O)c1. The standard InChI is InChI=1S/C24H25N3O/c1-15-5-4-6-16(9-15)13-27-14-18-10-17(7-8-19(18)23(27)28)22-20-11-24(2,3)12-21(20)25-26-22/h4-10H,11-14H2,1-3H3,(H,25,26). The zero-order valence-electron chi connectivity index (χ0n) is 16.7. The van der Waals surface area contributed by atoms with Crippen molar-refractivity contribution < 1.29 is 4.79 Å². The summed E-state index contributed by atoms with van der Waals surface area (Å²) in [7, 11) is 0. The maximum atomic E-state index is 12.9. The van der Waals surface area contributed by atoms with E-state index >= 15 is 0 Å².